The Labute approximate surface area is 339 Å². The van der Waals surface area contributed by atoms with Gasteiger partial charge in [-0.25, -0.2) is 18.2 Å². The fourth-order valence-corrected chi connectivity index (χ4v) is 9.48. The molecule has 4 aliphatic rings. The van der Waals surface area contributed by atoms with Gasteiger partial charge in [-0.1, -0.05) is 37.6 Å². The number of imidazole rings is 1. The maximum atomic E-state index is 14.6. The van der Waals surface area contributed by atoms with Crippen molar-refractivity contribution in [2.75, 3.05) is 13.1 Å². The second kappa shape index (κ2) is 15.1. The van der Waals surface area contributed by atoms with Crippen LogP contribution in [0.25, 0.3) is 16.7 Å². The van der Waals surface area contributed by atoms with Gasteiger partial charge in [0.05, 0.1) is 21.7 Å². The smallest absolute Gasteiger partial charge is 0.427 e. The first-order valence-corrected chi connectivity index (χ1v) is 21.4. The van der Waals surface area contributed by atoms with Gasteiger partial charge in [0.15, 0.2) is 0 Å². The van der Waals surface area contributed by atoms with Crippen LogP contribution in [0.2, 0.25) is 5.02 Å². The number of carbonyl (C=O) groups is 3. The molecule has 0 spiro atoms. The SMILES string of the molecule is CC1CCC=CC2CC2(C(=O)NS(=O)(=O)C2(C)CC2)NC(=O)C2CC(Oc3nc4nccn4c4ccc(Cl)cc34)CN2CC(NC(=O)OC(C)(C)C(F)(F)F)C(C)C1. The van der Waals surface area contributed by atoms with Gasteiger partial charge >= 0.3 is 12.3 Å². The molecule has 2 aliphatic heterocycles. The number of ether oxygens (including phenoxy) is 2. The Morgan fingerprint density at radius 1 is 1.12 bits per heavy atom. The van der Waals surface area contributed by atoms with E-state index in [2.05, 4.69) is 25.3 Å². The number of hydrogen-bond donors (Lipinski definition) is 3. The lowest BCUT2D eigenvalue weighted by molar-refractivity contribution is -0.244. The Morgan fingerprint density at radius 3 is 2.57 bits per heavy atom. The Morgan fingerprint density at radius 2 is 1.86 bits per heavy atom. The first-order chi connectivity index (χ1) is 27.1. The molecular weight excluding hydrogens is 803 g/mol. The van der Waals surface area contributed by atoms with Crippen LogP contribution in [-0.4, -0.2) is 98.9 Å². The van der Waals surface area contributed by atoms with Crippen LogP contribution in [0.4, 0.5) is 18.0 Å². The second-order valence-electron chi connectivity index (χ2n) is 17.2. The molecule has 19 heteroatoms. The fraction of sp³-hybridized carbons (Fsp3) is 0.615. The van der Waals surface area contributed by atoms with Crippen molar-refractivity contribution in [1.29, 1.82) is 0 Å². The highest BCUT2D eigenvalue weighted by Crippen LogP contribution is 2.48. The van der Waals surface area contributed by atoms with E-state index in [1.165, 1.54) is 0 Å². The van der Waals surface area contributed by atoms with Crippen molar-refractivity contribution in [1.82, 2.24) is 34.6 Å². The lowest BCUT2D eigenvalue weighted by Crippen LogP contribution is -2.58. The van der Waals surface area contributed by atoms with Crippen LogP contribution in [0.5, 0.6) is 5.88 Å². The molecule has 3 N–H and O–H groups in total. The minimum Gasteiger partial charge on any atom is -0.472 e. The van der Waals surface area contributed by atoms with Crippen molar-refractivity contribution in [3.8, 4) is 5.88 Å². The molecule has 316 valence electrons. The Bertz CT molecular complexity index is 2250. The van der Waals surface area contributed by atoms with Crippen LogP contribution in [0.3, 0.4) is 0 Å². The van der Waals surface area contributed by atoms with Gasteiger partial charge < -0.3 is 20.1 Å². The van der Waals surface area contributed by atoms with E-state index in [1.54, 1.807) is 46.8 Å². The minimum absolute atomic E-state index is 0.000284. The van der Waals surface area contributed by atoms with E-state index in [0.717, 1.165) is 25.8 Å². The van der Waals surface area contributed by atoms with Crippen LogP contribution >= 0.6 is 11.6 Å². The average molecular weight is 852 g/mol. The number of amides is 3. The number of benzene rings is 1. The predicted molar refractivity (Wildman–Crippen MR) is 208 cm³/mol. The molecule has 0 radical (unpaired) electrons. The van der Waals surface area contributed by atoms with Crippen molar-refractivity contribution < 1.29 is 45.4 Å². The molecule has 2 aliphatic carbocycles. The zero-order valence-corrected chi connectivity index (χ0v) is 34.5. The Balaban J connectivity index is 1.22. The maximum Gasteiger partial charge on any atom is 0.427 e. The number of halogens is 4. The summed E-state index contributed by atoms with van der Waals surface area (Å²) in [6.45, 7) is 7.14. The minimum atomic E-state index is -4.83. The number of sulfonamides is 1. The largest absolute Gasteiger partial charge is 0.472 e. The average Bonchev–Trinajstić information content (AvgIpc) is 3.92. The predicted octanol–water partition coefficient (Wildman–Crippen LogP) is 5.68. The standard InChI is InChI=1S/C39H49ClF3N7O7S/c1-22-8-6-7-9-24-19-38(24,33(52)48-58(54,55)37(5)12-13-37)47-31(51)30-18-26(56-32-27-17-25(40)10-11-29(27)50-15-14-44-34(50)46-32)20-49(30)21-28(23(2)16-22)45-35(53)57-36(3,4)39(41,42)43/h7,9-11,14-15,17,22-24,26,28,30H,6,8,12-13,16,18-21H2,1-5H3,(H,45,53)(H,47,51)(H,48,52). The van der Waals surface area contributed by atoms with Crippen LogP contribution in [0.15, 0.2) is 42.7 Å². The topological polar surface area (TPSA) is 173 Å². The number of nitrogens with zero attached hydrogens (tertiary/aromatic N) is 4. The summed E-state index contributed by atoms with van der Waals surface area (Å²) in [5.41, 5.74) is -3.60. The van der Waals surface area contributed by atoms with Gasteiger partial charge in [-0.15, -0.1) is 0 Å². The lowest BCUT2D eigenvalue weighted by Gasteiger charge is -2.34. The number of aromatic nitrogens is 3. The van der Waals surface area contributed by atoms with Crippen LogP contribution in [0, 0.1) is 17.8 Å². The van der Waals surface area contributed by atoms with Gasteiger partial charge in [0.2, 0.25) is 33.2 Å². The number of fused-ring (bicyclic) bond motifs is 5. The Kier molecular flexibility index (Phi) is 11.0. The summed E-state index contributed by atoms with van der Waals surface area (Å²) in [4.78, 5) is 52.4. The van der Waals surface area contributed by atoms with E-state index in [1.807, 2.05) is 26.0 Å². The quantitative estimate of drug-likeness (QED) is 0.251. The summed E-state index contributed by atoms with van der Waals surface area (Å²) < 4.78 is 82.1. The normalized spacial score (nSPS) is 29.4. The van der Waals surface area contributed by atoms with E-state index in [0.29, 0.717) is 41.9 Å². The number of hydrogen-bond acceptors (Lipinski definition) is 10. The third-order valence-electron chi connectivity index (χ3n) is 12.2. The number of nitrogens with one attached hydrogen (secondary N) is 3. The van der Waals surface area contributed by atoms with Crippen LogP contribution in [0.1, 0.15) is 79.6 Å². The summed E-state index contributed by atoms with van der Waals surface area (Å²) in [5.74, 6) is -1.47. The Hall–Kier alpha value is -4.16. The summed E-state index contributed by atoms with van der Waals surface area (Å²) in [5, 5.41) is 6.62. The summed E-state index contributed by atoms with van der Waals surface area (Å²) in [6, 6.07) is 3.46. The monoisotopic (exact) mass is 851 g/mol. The first-order valence-electron chi connectivity index (χ1n) is 19.6. The molecular formula is C39H49ClF3N7O7S. The van der Waals surface area contributed by atoms with Gasteiger partial charge in [-0.3, -0.25) is 23.6 Å². The molecule has 3 aromatic rings. The van der Waals surface area contributed by atoms with Gasteiger partial charge in [0.25, 0.3) is 5.91 Å². The van der Waals surface area contributed by atoms with E-state index in [4.69, 9.17) is 21.1 Å². The highest BCUT2D eigenvalue weighted by molar-refractivity contribution is 7.91. The zero-order valence-electron chi connectivity index (χ0n) is 32.9. The molecule has 2 aromatic heterocycles. The molecule has 0 bridgehead atoms. The van der Waals surface area contributed by atoms with Gasteiger partial charge in [-0.2, -0.15) is 18.2 Å². The molecule has 7 rings (SSSR count). The summed E-state index contributed by atoms with van der Waals surface area (Å²) in [7, 11) is -4.03. The molecule has 3 fully saturated rings. The molecule has 14 nitrogen and oxygen atoms in total. The third kappa shape index (κ3) is 8.33. The van der Waals surface area contributed by atoms with Crippen molar-refractivity contribution in [3.63, 3.8) is 0 Å². The maximum absolute atomic E-state index is 14.6. The van der Waals surface area contributed by atoms with Crippen LogP contribution in [-0.2, 0) is 24.3 Å². The summed E-state index contributed by atoms with van der Waals surface area (Å²) in [6.07, 6.45) is 3.32. The molecule has 7 unspecified atom stereocenters. The first kappa shape index (κ1) is 42.0. The number of carbonyl (C=O) groups excluding carboxylic acids is 3. The summed E-state index contributed by atoms with van der Waals surface area (Å²) >= 11 is 6.40. The number of allylic oxidation sites excluding steroid dienone is 1. The van der Waals surface area contributed by atoms with E-state index < -0.39 is 74.1 Å². The van der Waals surface area contributed by atoms with E-state index >= 15 is 0 Å². The number of rotatable bonds is 7. The van der Waals surface area contributed by atoms with Crippen molar-refractivity contribution in [3.05, 3.63) is 47.8 Å². The van der Waals surface area contributed by atoms with E-state index in [9.17, 15) is 36.0 Å². The lowest BCUT2D eigenvalue weighted by atomic mass is 9.88. The molecule has 1 aromatic carbocycles. The molecule has 1 saturated heterocycles. The fourth-order valence-electron chi connectivity index (χ4n) is 7.99. The van der Waals surface area contributed by atoms with E-state index in [-0.39, 0.29) is 43.6 Å². The number of alkyl carbamates (subject to hydrolysis) is 1. The highest BCUT2D eigenvalue weighted by atomic mass is 35.5. The molecule has 2 saturated carbocycles. The van der Waals surface area contributed by atoms with Crippen LogP contribution < -0.4 is 20.1 Å². The highest BCUT2D eigenvalue weighted by Gasteiger charge is 2.63. The number of alkyl halides is 3. The van der Waals surface area contributed by atoms with Gasteiger partial charge in [-0.05, 0) is 89.3 Å². The van der Waals surface area contributed by atoms with Crippen molar-refractivity contribution in [2.24, 2.45) is 17.8 Å². The molecule has 4 heterocycles. The molecule has 7 atom stereocenters. The third-order valence-corrected chi connectivity index (χ3v) is 14.6. The molecule has 58 heavy (non-hydrogen) atoms. The zero-order chi connectivity index (χ0) is 42.0. The van der Waals surface area contributed by atoms with Crippen molar-refractivity contribution in [2.45, 2.75) is 120 Å². The molecule has 3 amide bonds. The van der Waals surface area contributed by atoms with Crippen molar-refractivity contribution >= 4 is 56.2 Å². The van der Waals surface area contributed by atoms with Gasteiger partial charge in [0.1, 0.15) is 11.6 Å². The second-order valence-corrected chi connectivity index (χ2v) is 19.9. The van der Waals surface area contributed by atoms with Gasteiger partial charge in [0, 0.05) is 48.9 Å².